The van der Waals surface area contributed by atoms with Gasteiger partial charge in [-0.05, 0) is 25.1 Å². The van der Waals surface area contributed by atoms with Crippen LogP contribution in [0.2, 0.25) is 0 Å². The lowest BCUT2D eigenvalue weighted by Crippen LogP contribution is -2.28. The molecule has 3 aromatic rings. The lowest BCUT2D eigenvalue weighted by atomic mass is 10.1. The highest BCUT2D eigenvalue weighted by Gasteiger charge is 2.31. The van der Waals surface area contributed by atoms with Crippen LogP contribution >= 0.6 is 0 Å². The molecule has 9 heteroatoms. The van der Waals surface area contributed by atoms with Crippen LogP contribution in [-0.4, -0.2) is 26.1 Å². The fraction of sp³-hybridized carbons (Fsp3) is 0.312. The third-order valence-electron chi connectivity index (χ3n) is 4.03. The molecule has 0 radical (unpaired) electrons. The van der Waals surface area contributed by atoms with Crippen molar-refractivity contribution in [2.24, 2.45) is 7.05 Å². The van der Waals surface area contributed by atoms with Gasteiger partial charge in [0.05, 0.1) is 29.1 Å². The van der Waals surface area contributed by atoms with E-state index in [-0.39, 0.29) is 11.3 Å². The number of aromatic nitrogens is 4. The summed E-state index contributed by atoms with van der Waals surface area (Å²) in [5.74, 6) is 0.234. The Hall–Kier alpha value is -2.84. The van der Waals surface area contributed by atoms with Crippen molar-refractivity contribution in [1.82, 2.24) is 19.1 Å². The summed E-state index contributed by atoms with van der Waals surface area (Å²) in [7, 11) is 3.33. The summed E-state index contributed by atoms with van der Waals surface area (Å²) in [6, 6.07) is 2.69. The zero-order chi connectivity index (χ0) is 18.4. The molecule has 0 amide bonds. The molecule has 2 heterocycles. The second-order valence-corrected chi connectivity index (χ2v) is 5.73. The molecule has 0 aliphatic rings. The molecule has 1 atom stereocenters. The highest BCUT2D eigenvalue weighted by Crippen LogP contribution is 2.33. The number of anilines is 1. The van der Waals surface area contributed by atoms with Crippen molar-refractivity contribution in [3.05, 3.63) is 52.5 Å². The Morgan fingerprint density at radius 3 is 2.56 bits per heavy atom. The maximum absolute atomic E-state index is 13.1. The third kappa shape index (κ3) is 2.97. The van der Waals surface area contributed by atoms with Crippen LogP contribution < -0.4 is 11.0 Å². The van der Waals surface area contributed by atoms with E-state index in [1.54, 1.807) is 38.1 Å². The van der Waals surface area contributed by atoms with Crippen molar-refractivity contribution in [2.45, 2.75) is 19.1 Å². The first-order chi connectivity index (χ1) is 11.7. The van der Waals surface area contributed by atoms with E-state index in [2.05, 4.69) is 15.3 Å². The minimum Gasteiger partial charge on any atom is -0.372 e. The number of benzene rings is 1. The minimum absolute atomic E-state index is 0.150. The topological polar surface area (TPSA) is 64.7 Å². The molecule has 2 aromatic heterocycles. The van der Waals surface area contributed by atoms with Gasteiger partial charge in [0.25, 0.3) is 0 Å². The summed E-state index contributed by atoms with van der Waals surface area (Å²) in [4.78, 5) is 20.6. The Morgan fingerprint density at radius 1 is 1.28 bits per heavy atom. The van der Waals surface area contributed by atoms with Crippen LogP contribution in [0.25, 0.3) is 10.9 Å². The van der Waals surface area contributed by atoms with Gasteiger partial charge in [0, 0.05) is 25.7 Å². The van der Waals surface area contributed by atoms with E-state index in [4.69, 9.17) is 0 Å². The highest BCUT2D eigenvalue weighted by atomic mass is 19.4. The number of nitrogens with one attached hydrogen (secondary N) is 1. The summed E-state index contributed by atoms with van der Waals surface area (Å²) >= 11 is 0. The first kappa shape index (κ1) is 17.0. The quantitative estimate of drug-likeness (QED) is 0.788. The molecule has 6 nitrogen and oxygen atoms in total. The predicted molar refractivity (Wildman–Crippen MR) is 87.6 cm³/mol. The van der Waals surface area contributed by atoms with Crippen LogP contribution in [0.15, 0.2) is 35.5 Å². The molecule has 0 bridgehead atoms. The number of hydrogen-bond acceptors (Lipinski definition) is 4. The predicted octanol–water partition coefficient (Wildman–Crippen LogP) is 2.80. The van der Waals surface area contributed by atoms with E-state index in [1.165, 1.54) is 10.6 Å². The Morgan fingerprint density at radius 2 is 2.00 bits per heavy atom. The van der Waals surface area contributed by atoms with Crippen LogP contribution in [0.5, 0.6) is 0 Å². The van der Waals surface area contributed by atoms with Gasteiger partial charge in [0.1, 0.15) is 5.82 Å². The molecule has 132 valence electrons. The molecule has 25 heavy (non-hydrogen) atoms. The Balaban J connectivity index is 2.33. The second-order valence-electron chi connectivity index (χ2n) is 5.73. The van der Waals surface area contributed by atoms with Gasteiger partial charge in [0.15, 0.2) is 0 Å². The van der Waals surface area contributed by atoms with Crippen LogP contribution in [0.1, 0.15) is 24.2 Å². The van der Waals surface area contributed by atoms with Gasteiger partial charge in [-0.15, -0.1) is 0 Å². The maximum atomic E-state index is 13.1. The van der Waals surface area contributed by atoms with Crippen molar-refractivity contribution < 1.29 is 13.2 Å². The van der Waals surface area contributed by atoms with E-state index >= 15 is 0 Å². The highest BCUT2D eigenvalue weighted by molar-refractivity contribution is 5.90. The maximum Gasteiger partial charge on any atom is 0.416 e. The number of nitrogens with zero attached hydrogens (tertiary/aromatic N) is 4. The van der Waals surface area contributed by atoms with Crippen molar-refractivity contribution in [3.8, 4) is 0 Å². The number of hydrogen-bond donors (Lipinski definition) is 1. The second kappa shape index (κ2) is 5.91. The zero-order valence-corrected chi connectivity index (χ0v) is 13.8. The van der Waals surface area contributed by atoms with E-state index < -0.39 is 23.5 Å². The van der Waals surface area contributed by atoms with Gasteiger partial charge in [-0.1, -0.05) is 0 Å². The van der Waals surface area contributed by atoms with Crippen molar-refractivity contribution in [3.63, 3.8) is 0 Å². The molecular formula is C16H16F3N5O. The van der Waals surface area contributed by atoms with Crippen molar-refractivity contribution >= 4 is 16.7 Å². The van der Waals surface area contributed by atoms with Gasteiger partial charge >= 0.3 is 11.9 Å². The SMILES string of the molecule is CNc1nc(=O)n(C(C)c2cn(C)cn2)c2cc(C(F)(F)F)ccc12. The molecule has 3 rings (SSSR count). The standard InChI is InChI=1S/C16H16F3N5O/c1-9(12-7-23(3)8-21-12)24-13-6-10(16(17,18)19)4-5-11(13)14(20-2)22-15(24)25/h4-9H,1-3H3,(H,20,22,25). The monoisotopic (exact) mass is 351 g/mol. The summed E-state index contributed by atoms with van der Waals surface area (Å²) < 4.78 is 42.3. The molecule has 0 fully saturated rings. The van der Waals surface area contributed by atoms with Gasteiger partial charge in [-0.2, -0.15) is 18.2 Å². The molecule has 0 spiro atoms. The smallest absolute Gasteiger partial charge is 0.372 e. The minimum atomic E-state index is -4.51. The molecule has 0 aliphatic heterocycles. The largest absolute Gasteiger partial charge is 0.416 e. The first-order valence-corrected chi connectivity index (χ1v) is 7.51. The Bertz CT molecular complexity index is 990. The average Bonchev–Trinajstić information content (AvgIpc) is 2.98. The van der Waals surface area contributed by atoms with Gasteiger partial charge in [-0.25, -0.2) is 9.78 Å². The fourth-order valence-corrected chi connectivity index (χ4v) is 2.77. The molecule has 0 saturated carbocycles. The summed E-state index contributed by atoms with van der Waals surface area (Å²) in [5, 5.41) is 3.18. The molecule has 1 N–H and O–H groups in total. The summed E-state index contributed by atoms with van der Waals surface area (Å²) in [5.41, 5.74) is -0.761. The molecule has 1 unspecified atom stereocenters. The summed E-state index contributed by atoms with van der Waals surface area (Å²) in [6.07, 6.45) is -1.23. The fourth-order valence-electron chi connectivity index (χ4n) is 2.77. The van der Waals surface area contributed by atoms with Crippen LogP contribution in [0.4, 0.5) is 19.0 Å². The zero-order valence-electron chi connectivity index (χ0n) is 13.8. The van der Waals surface area contributed by atoms with Crippen molar-refractivity contribution in [1.29, 1.82) is 0 Å². The molecule has 0 saturated heterocycles. The number of rotatable bonds is 3. The van der Waals surface area contributed by atoms with Gasteiger partial charge < -0.3 is 9.88 Å². The van der Waals surface area contributed by atoms with Crippen molar-refractivity contribution in [2.75, 3.05) is 12.4 Å². The number of fused-ring (bicyclic) bond motifs is 1. The molecule has 1 aromatic carbocycles. The number of aryl methyl sites for hydroxylation is 1. The Labute approximate surface area is 140 Å². The van der Waals surface area contributed by atoms with E-state index in [9.17, 15) is 18.0 Å². The number of imidazole rings is 1. The van der Waals surface area contributed by atoms with Crippen LogP contribution in [0, 0.1) is 0 Å². The van der Waals surface area contributed by atoms with E-state index in [0.29, 0.717) is 11.1 Å². The molecule has 0 aliphatic carbocycles. The number of alkyl halides is 3. The lowest BCUT2D eigenvalue weighted by Gasteiger charge is -2.18. The third-order valence-corrected chi connectivity index (χ3v) is 4.03. The normalized spacial score (nSPS) is 13.2. The first-order valence-electron chi connectivity index (χ1n) is 7.51. The van der Waals surface area contributed by atoms with Crippen LogP contribution in [0.3, 0.4) is 0 Å². The number of halogens is 3. The average molecular weight is 351 g/mol. The Kier molecular flexibility index (Phi) is 4.02. The summed E-state index contributed by atoms with van der Waals surface area (Å²) in [6.45, 7) is 1.70. The molecular weight excluding hydrogens is 335 g/mol. The van der Waals surface area contributed by atoms with Gasteiger partial charge in [-0.3, -0.25) is 4.57 Å². The van der Waals surface area contributed by atoms with E-state index in [1.807, 2.05) is 0 Å². The van der Waals surface area contributed by atoms with Crippen LogP contribution in [-0.2, 0) is 13.2 Å². The lowest BCUT2D eigenvalue weighted by molar-refractivity contribution is -0.137. The van der Waals surface area contributed by atoms with E-state index in [0.717, 1.165) is 12.1 Å². The van der Waals surface area contributed by atoms with Gasteiger partial charge in [0.2, 0.25) is 0 Å².